The van der Waals surface area contributed by atoms with E-state index in [1.807, 2.05) is 11.6 Å². The smallest absolute Gasteiger partial charge is 0.204 e. The van der Waals surface area contributed by atoms with E-state index < -0.39 is 6.10 Å². The molecule has 1 saturated carbocycles. The van der Waals surface area contributed by atoms with Gasteiger partial charge in [-0.2, -0.15) is 0 Å². The summed E-state index contributed by atoms with van der Waals surface area (Å²) in [6.45, 7) is 4.39. The summed E-state index contributed by atoms with van der Waals surface area (Å²) in [6, 6.07) is 2.05. The highest BCUT2D eigenvalue weighted by atomic mass is 35.5. The number of aliphatic hydroxyl groups is 1. The first kappa shape index (κ1) is 26.5. The predicted molar refractivity (Wildman–Crippen MR) is 140 cm³/mol. The highest BCUT2D eigenvalue weighted by Crippen LogP contribution is 2.39. The maximum absolute atomic E-state index is 11.4. The van der Waals surface area contributed by atoms with Crippen LogP contribution in [0.4, 0.5) is 0 Å². The van der Waals surface area contributed by atoms with Crippen LogP contribution in [-0.4, -0.2) is 42.9 Å². The average Bonchev–Trinajstić information content (AvgIpc) is 3.46. The number of hydrogen-bond donors (Lipinski definition) is 3. The summed E-state index contributed by atoms with van der Waals surface area (Å²) >= 11 is 9.16. The van der Waals surface area contributed by atoms with E-state index in [-0.39, 0.29) is 18.4 Å². The van der Waals surface area contributed by atoms with E-state index in [0.717, 1.165) is 59.0 Å². The van der Waals surface area contributed by atoms with Crippen molar-refractivity contribution in [2.75, 3.05) is 5.75 Å². The number of fused-ring (bicyclic) bond motifs is 1. The van der Waals surface area contributed by atoms with Crippen molar-refractivity contribution in [1.82, 2.24) is 19.5 Å². The lowest BCUT2D eigenvalue weighted by Crippen LogP contribution is -2.37. The van der Waals surface area contributed by atoms with Crippen molar-refractivity contribution in [3.8, 4) is 10.7 Å². The zero-order chi connectivity index (χ0) is 24.7. The number of nitrogens with zero attached hydrogens (tertiary/aromatic N) is 4. The SMILES string of the molecule is CC(C)Cc1nc2cnc(-c3nccs3)cc2n1C1CCCC(CS/C(Cl)=C\N)C1O.NC=O. The lowest BCUT2D eigenvalue weighted by Gasteiger charge is -2.36. The summed E-state index contributed by atoms with van der Waals surface area (Å²) < 4.78 is 2.85. The van der Waals surface area contributed by atoms with E-state index in [1.165, 1.54) is 18.0 Å². The normalized spacial score (nSPS) is 20.9. The number of pyridine rings is 1. The molecule has 3 atom stereocenters. The van der Waals surface area contributed by atoms with Gasteiger partial charge in [-0.05, 0) is 30.7 Å². The van der Waals surface area contributed by atoms with Gasteiger partial charge in [0.1, 0.15) is 22.0 Å². The minimum absolute atomic E-state index is 0.0229. The van der Waals surface area contributed by atoms with Gasteiger partial charge in [0.05, 0.1) is 28.2 Å². The molecular formula is C23H31ClN6O2S2. The van der Waals surface area contributed by atoms with E-state index in [0.29, 0.717) is 10.3 Å². The third kappa shape index (κ3) is 6.29. The fourth-order valence-electron chi connectivity index (χ4n) is 4.34. The lowest BCUT2D eigenvalue weighted by molar-refractivity contribution is -0.106. The second-order valence-electron chi connectivity index (χ2n) is 8.56. The molecule has 0 radical (unpaired) electrons. The minimum Gasteiger partial charge on any atom is -0.403 e. The summed E-state index contributed by atoms with van der Waals surface area (Å²) in [6.07, 6.45) is 8.64. The van der Waals surface area contributed by atoms with E-state index >= 15 is 0 Å². The number of thiazole rings is 1. The van der Waals surface area contributed by atoms with Crippen LogP contribution in [-0.2, 0) is 11.2 Å². The molecule has 5 N–H and O–H groups in total. The number of hydrogen-bond acceptors (Lipinski definition) is 8. The van der Waals surface area contributed by atoms with Crippen LogP contribution in [0.3, 0.4) is 0 Å². The number of thioether (sulfide) groups is 1. The Morgan fingerprint density at radius 2 is 2.15 bits per heavy atom. The Morgan fingerprint density at radius 3 is 2.79 bits per heavy atom. The van der Waals surface area contributed by atoms with Gasteiger partial charge >= 0.3 is 0 Å². The van der Waals surface area contributed by atoms with Gasteiger partial charge < -0.3 is 21.1 Å². The molecule has 3 heterocycles. The second-order valence-corrected chi connectivity index (χ2v) is 11.1. The largest absolute Gasteiger partial charge is 0.403 e. The molecule has 0 aliphatic heterocycles. The van der Waals surface area contributed by atoms with Crippen molar-refractivity contribution in [1.29, 1.82) is 0 Å². The molecule has 1 fully saturated rings. The lowest BCUT2D eigenvalue weighted by atomic mass is 9.83. The van der Waals surface area contributed by atoms with E-state index in [1.54, 1.807) is 17.5 Å². The van der Waals surface area contributed by atoms with E-state index in [4.69, 9.17) is 27.1 Å². The molecule has 184 valence electrons. The fraction of sp³-hybridized carbons (Fsp3) is 0.478. The van der Waals surface area contributed by atoms with Gasteiger partial charge in [-0.1, -0.05) is 31.9 Å². The van der Waals surface area contributed by atoms with Crippen molar-refractivity contribution >= 4 is 52.1 Å². The zero-order valence-corrected chi connectivity index (χ0v) is 21.7. The summed E-state index contributed by atoms with van der Waals surface area (Å²) in [7, 11) is 0. The highest BCUT2D eigenvalue weighted by molar-refractivity contribution is 8.04. The Labute approximate surface area is 212 Å². The second kappa shape index (κ2) is 12.5. The standard InChI is InChI=1S/C22H28ClN5OS2.CH3NO/c1-13(2)8-20-27-16-11-26-15(22-25-6-7-30-22)9-18(16)28(20)17-5-3-4-14(21(17)29)12-31-19(23)10-24;2-1-3/h6-7,9-11,13-14,17,21,29H,3-5,8,12,24H2,1-2H3;1H,(H2,2,3)/b19-10-;. The molecule has 3 aromatic rings. The van der Waals surface area contributed by atoms with Gasteiger partial charge in [0, 0.05) is 30.0 Å². The number of imidazole rings is 1. The number of aliphatic hydroxyl groups excluding tert-OH is 1. The molecule has 34 heavy (non-hydrogen) atoms. The first-order valence-electron chi connectivity index (χ1n) is 11.2. The quantitative estimate of drug-likeness (QED) is 0.394. The number of halogens is 1. The first-order valence-corrected chi connectivity index (χ1v) is 13.4. The number of nitrogens with two attached hydrogens (primary N) is 2. The van der Waals surface area contributed by atoms with Crippen LogP contribution in [0.15, 0.2) is 34.4 Å². The van der Waals surface area contributed by atoms with Gasteiger partial charge in [0.2, 0.25) is 6.41 Å². The van der Waals surface area contributed by atoms with Crippen LogP contribution in [0, 0.1) is 11.8 Å². The fourth-order valence-corrected chi connectivity index (χ4v) is 5.97. The van der Waals surface area contributed by atoms with Crippen molar-refractivity contribution < 1.29 is 9.90 Å². The number of aromatic nitrogens is 4. The molecule has 1 aliphatic carbocycles. The minimum atomic E-state index is -0.469. The van der Waals surface area contributed by atoms with Gasteiger partial charge in [-0.25, -0.2) is 9.97 Å². The summed E-state index contributed by atoms with van der Waals surface area (Å²) in [5.74, 6) is 2.38. The monoisotopic (exact) mass is 522 g/mol. The molecule has 4 rings (SSSR count). The van der Waals surface area contributed by atoms with Gasteiger partial charge in [0.15, 0.2) is 0 Å². The molecule has 0 spiro atoms. The highest BCUT2D eigenvalue weighted by Gasteiger charge is 2.35. The molecule has 3 unspecified atom stereocenters. The van der Waals surface area contributed by atoms with Crippen molar-refractivity contribution in [2.45, 2.75) is 51.7 Å². The van der Waals surface area contributed by atoms with Crippen LogP contribution in [0.1, 0.15) is 45.0 Å². The Bertz CT molecular complexity index is 1100. The van der Waals surface area contributed by atoms with Crippen LogP contribution in [0.2, 0.25) is 0 Å². The summed E-state index contributed by atoms with van der Waals surface area (Å²) in [5.41, 5.74) is 12.4. The van der Waals surface area contributed by atoms with Gasteiger partial charge in [0.25, 0.3) is 0 Å². The molecule has 0 aromatic carbocycles. The molecule has 3 aromatic heterocycles. The topological polar surface area (TPSA) is 133 Å². The van der Waals surface area contributed by atoms with Crippen molar-refractivity contribution in [3.63, 3.8) is 0 Å². The Hall–Kier alpha value is -2.14. The van der Waals surface area contributed by atoms with Crippen LogP contribution >= 0.6 is 34.7 Å². The van der Waals surface area contributed by atoms with E-state index in [9.17, 15) is 5.11 Å². The maximum atomic E-state index is 11.4. The number of carbonyl (C=O) groups is 1. The number of primary amides is 1. The van der Waals surface area contributed by atoms with Crippen molar-refractivity contribution in [2.24, 2.45) is 23.3 Å². The van der Waals surface area contributed by atoms with Crippen LogP contribution in [0.5, 0.6) is 0 Å². The molecular weight excluding hydrogens is 492 g/mol. The predicted octanol–water partition coefficient (Wildman–Crippen LogP) is 4.29. The van der Waals surface area contributed by atoms with E-state index in [2.05, 4.69) is 40.2 Å². The summed E-state index contributed by atoms with van der Waals surface area (Å²) in [4.78, 5) is 22.5. The molecule has 8 nitrogen and oxygen atoms in total. The van der Waals surface area contributed by atoms with Gasteiger partial charge in [-0.15, -0.1) is 23.1 Å². The Balaban J connectivity index is 0.00000103. The average molecular weight is 523 g/mol. The third-order valence-corrected chi connectivity index (χ3v) is 8.00. The molecule has 0 saturated heterocycles. The Kier molecular flexibility index (Phi) is 9.75. The molecule has 1 amide bonds. The third-order valence-electron chi connectivity index (χ3n) is 5.74. The van der Waals surface area contributed by atoms with Crippen LogP contribution in [0.25, 0.3) is 21.7 Å². The maximum Gasteiger partial charge on any atom is 0.204 e. The number of carbonyl (C=O) groups excluding carboxylic acids is 1. The number of rotatable bonds is 7. The number of amides is 1. The van der Waals surface area contributed by atoms with Crippen LogP contribution < -0.4 is 11.5 Å². The summed E-state index contributed by atoms with van der Waals surface area (Å²) in [5, 5.41) is 14.2. The Morgan fingerprint density at radius 1 is 1.38 bits per heavy atom. The zero-order valence-electron chi connectivity index (χ0n) is 19.3. The molecule has 0 bridgehead atoms. The van der Waals surface area contributed by atoms with Gasteiger partial charge in [-0.3, -0.25) is 9.78 Å². The van der Waals surface area contributed by atoms with Crippen molar-refractivity contribution in [3.05, 3.63) is 40.2 Å². The molecule has 1 aliphatic rings. The first-order chi connectivity index (χ1) is 16.4. The molecule has 11 heteroatoms.